The molecule has 1 aliphatic rings. The van der Waals surface area contributed by atoms with Crippen LogP contribution in [-0.4, -0.2) is 39.0 Å². The molecule has 0 spiro atoms. The predicted molar refractivity (Wildman–Crippen MR) is 96.4 cm³/mol. The lowest BCUT2D eigenvalue weighted by Gasteiger charge is -2.25. The molecule has 140 valence electrons. The van der Waals surface area contributed by atoms with Gasteiger partial charge < -0.3 is 9.47 Å². The fourth-order valence-corrected chi connectivity index (χ4v) is 4.33. The van der Waals surface area contributed by atoms with Gasteiger partial charge in [0.15, 0.2) is 0 Å². The largest absolute Gasteiger partial charge is 0.490 e. The number of piperidine rings is 1. The van der Waals surface area contributed by atoms with E-state index >= 15 is 0 Å². The van der Waals surface area contributed by atoms with E-state index in [1.807, 2.05) is 0 Å². The van der Waals surface area contributed by atoms with Gasteiger partial charge in [-0.05, 0) is 61.4 Å². The summed E-state index contributed by atoms with van der Waals surface area (Å²) in [4.78, 5) is 0.286. The van der Waals surface area contributed by atoms with Crippen LogP contribution in [0.1, 0.15) is 19.3 Å². The van der Waals surface area contributed by atoms with Gasteiger partial charge in [0.25, 0.3) is 0 Å². The van der Waals surface area contributed by atoms with Crippen LogP contribution in [0.4, 0.5) is 4.39 Å². The van der Waals surface area contributed by atoms with E-state index in [2.05, 4.69) is 0 Å². The molecule has 0 aromatic heterocycles. The fraction of sp³-hybridized carbons (Fsp3) is 0.368. The normalized spacial score (nSPS) is 15.6. The van der Waals surface area contributed by atoms with Crippen LogP contribution in [0.15, 0.2) is 53.4 Å². The first-order chi connectivity index (χ1) is 12.6. The van der Waals surface area contributed by atoms with Crippen molar-refractivity contribution in [3.05, 3.63) is 54.3 Å². The van der Waals surface area contributed by atoms with Gasteiger partial charge in [-0.3, -0.25) is 0 Å². The van der Waals surface area contributed by atoms with Crippen molar-refractivity contribution in [2.45, 2.75) is 24.2 Å². The Morgan fingerprint density at radius 2 is 1.31 bits per heavy atom. The zero-order chi connectivity index (χ0) is 18.4. The first kappa shape index (κ1) is 18.7. The number of ether oxygens (including phenoxy) is 2. The van der Waals surface area contributed by atoms with Gasteiger partial charge in [0.05, 0.1) is 4.90 Å². The first-order valence-electron chi connectivity index (χ1n) is 8.67. The molecule has 0 radical (unpaired) electrons. The Hall–Kier alpha value is -2.12. The van der Waals surface area contributed by atoms with Crippen LogP contribution in [0.5, 0.6) is 11.5 Å². The van der Waals surface area contributed by atoms with Crippen molar-refractivity contribution < 1.29 is 22.3 Å². The molecule has 0 aliphatic carbocycles. The molecule has 1 saturated heterocycles. The Kier molecular flexibility index (Phi) is 6.11. The van der Waals surface area contributed by atoms with E-state index in [1.54, 1.807) is 40.7 Å². The van der Waals surface area contributed by atoms with E-state index < -0.39 is 10.0 Å². The molecule has 0 atom stereocenters. The Labute approximate surface area is 153 Å². The smallest absolute Gasteiger partial charge is 0.243 e. The number of benzene rings is 2. The summed E-state index contributed by atoms with van der Waals surface area (Å²) in [5, 5.41) is 0. The minimum absolute atomic E-state index is 0.286. The molecule has 0 N–H and O–H groups in total. The van der Waals surface area contributed by atoms with Gasteiger partial charge in [-0.1, -0.05) is 6.42 Å². The maximum atomic E-state index is 12.8. The van der Waals surface area contributed by atoms with Crippen LogP contribution in [0.25, 0.3) is 0 Å². The van der Waals surface area contributed by atoms with Gasteiger partial charge in [-0.2, -0.15) is 4.31 Å². The molecule has 1 fully saturated rings. The second-order valence-electron chi connectivity index (χ2n) is 6.09. The second kappa shape index (κ2) is 8.51. The van der Waals surface area contributed by atoms with Gasteiger partial charge in [0, 0.05) is 13.1 Å². The van der Waals surface area contributed by atoms with Crippen LogP contribution < -0.4 is 9.47 Å². The third kappa shape index (κ3) is 4.74. The molecule has 0 bridgehead atoms. The summed E-state index contributed by atoms with van der Waals surface area (Å²) in [6.45, 7) is 1.78. The number of rotatable bonds is 7. The Morgan fingerprint density at radius 1 is 0.808 bits per heavy atom. The molecule has 1 aliphatic heterocycles. The zero-order valence-electron chi connectivity index (χ0n) is 14.4. The van der Waals surface area contributed by atoms with Gasteiger partial charge in [-0.25, -0.2) is 12.8 Å². The Bertz CT molecular complexity index is 800. The quantitative estimate of drug-likeness (QED) is 0.692. The molecule has 2 aromatic carbocycles. The average Bonchev–Trinajstić information content (AvgIpc) is 2.68. The van der Waals surface area contributed by atoms with Gasteiger partial charge in [0.1, 0.15) is 30.5 Å². The van der Waals surface area contributed by atoms with Crippen molar-refractivity contribution in [1.29, 1.82) is 0 Å². The van der Waals surface area contributed by atoms with Crippen LogP contribution >= 0.6 is 0 Å². The summed E-state index contributed by atoms with van der Waals surface area (Å²) in [5.74, 6) is 0.830. The SMILES string of the molecule is O=S(=O)(c1ccc(OCCOc2ccc(F)cc2)cc1)N1CCCCC1. The van der Waals surface area contributed by atoms with Crippen LogP contribution in [0, 0.1) is 5.82 Å². The molecule has 2 aromatic rings. The molecule has 0 amide bonds. The van der Waals surface area contributed by atoms with Crippen molar-refractivity contribution in [2.24, 2.45) is 0 Å². The van der Waals surface area contributed by atoms with E-state index in [-0.39, 0.29) is 10.7 Å². The zero-order valence-corrected chi connectivity index (χ0v) is 15.3. The molecule has 0 saturated carbocycles. The van der Waals surface area contributed by atoms with E-state index in [0.29, 0.717) is 37.8 Å². The van der Waals surface area contributed by atoms with Crippen molar-refractivity contribution in [1.82, 2.24) is 4.31 Å². The third-order valence-electron chi connectivity index (χ3n) is 4.21. The highest BCUT2D eigenvalue weighted by molar-refractivity contribution is 7.89. The first-order valence-corrected chi connectivity index (χ1v) is 10.1. The lowest BCUT2D eigenvalue weighted by Crippen LogP contribution is -2.35. The number of hydrogen-bond acceptors (Lipinski definition) is 4. The highest BCUT2D eigenvalue weighted by Crippen LogP contribution is 2.22. The minimum atomic E-state index is -3.42. The van der Waals surface area contributed by atoms with Crippen molar-refractivity contribution >= 4 is 10.0 Å². The number of sulfonamides is 1. The lowest BCUT2D eigenvalue weighted by molar-refractivity contribution is 0.217. The summed E-state index contributed by atoms with van der Waals surface area (Å²) < 4.78 is 50.5. The molecule has 3 rings (SSSR count). The van der Waals surface area contributed by atoms with Gasteiger partial charge in [-0.15, -0.1) is 0 Å². The predicted octanol–water partition coefficient (Wildman–Crippen LogP) is 3.46. The maximum absolute atomic E-state index is 12.8. The second-order valence-corrected chi connectivity index (χ2v) is 8.02. The molecular formula is C19H22FNO4S. The summed E-state index contributed by atoms with van der Waals surface area (Å²) in [6.07, 6.45) is 2.90. The Morgan fingerprint density at radius 3 is 1.85 bits per heavy atom. The highest BCUT2D eigenvalue weighted by Gasteiger charge is 2.25. The van der Waals surface area contributed by atoms with E-state index in [1.165, 1.54) is 12.1 Å². The van der Waals surface area contributed by atoms with E-state index in [4.69, 9.17) is 9.47 Å². The summed E-state index contributed by atoms with van der Waals surface area (Å²) in [5.41, 5.74) is 0. The van der Waals surface area contributed by atoms with Crippen molar-refractivity contribution in [3.8, 4) is 11.5 Å². The molecule has 5 nitrogen and oxygen atoms in total. The van der Waals surface area contributed by atoms with Crippen LogP contribution in [-0.2, 0) is 10.0 Å². The maximum Gasteiger partial charge on any atom is 0.243 e. The lowest BCUT2D eigenvalue weighted by atomic mass is 10.2. The van der Waals surface area contributed by atoms with Gasteiger partial charge >= 0.3 is 0 Å². The topological polar surface area (TPSA) is 55.8 Å². The molecule has 1 heterocycles. The summed E-state index contributed by atoms with van der Waals surface area (Å²) >= 11 is 0. The summed E-state index contributed by atoms with van der Waals surface area (Å²) in [6, 6.07) is 12.2. The number of nitrogens with zero attached hydrogens (tertiary/aromatic N) is 1. The average molecular weight is 379 g/mol. The van der Waals surface area contributed by atoms with Crippen LogP contribution in [0.2, 0.25) is 0 Å². The van der Waals surface area contributed by atoms with E-state index in [0.717, 1.165) is 19.3 Å². The number of halogens is 1. The van der Waals surface area contributed by atoms with E-state index in [9.17, 15) is 12.8 Å². The fourth-order valence-electron chi connectivity index (χ4n) is 2.81. The highest BCUT2D eigenvalue weighted by atomic mass is 32.2. The minimum Gasteiger partial charge on any atom is -0.490 e. The molecule has 0 unspecified atom stereocenters. The van der Waals surface area contributed by atoms with Crippen LogP contribution in [0.3, 0.4) is 0 Å². The Balaban J connectivity index is 1.50. The third-order valence-corrected chi connectivity index (χ3v) is 6.12. The van der Waals surface area contributed by atoms with Crippen molar-refractivity contribution in [3.63, 3.8) is 0 Å². The molecule has 26 heavy (non-hydrogen) atoms. The molecular weight excluding hydrogens is 357 g/mol. The standard InChI is InChI=1S/C19H22FNO4S/c20-16-4-6-17(7-5-16)24-14-15-25-18-8-10-19(11-9-18)26(22,23)21-12-2-1-3-13-21/h4-11H,1-3,12-15H2. The monoisotopic (exact) mass is 379 g/mol. The van der Waals surface area contributed by atoms with Crippen molar-refractivity contribution in [2.75, 3.05) is 26.3 Å². The van der Waals surface area contributed by atoms with Gasteiger partial charge in [0.2, 0.25) is 10.0 Å². The summed E-state index contributed by atoms with van der Waals surface area (Å²) in [7, 11) is -3.42. The number of hydrogen-bond donors (Lipinski definition) is 0. The molecule has 7 heteroatoms.